The number of hydrogen-bond acceptors (Lipinski definition) is 6. The number of amides is 1. The standard InChI is InChI=1S/C24H21F4N5O2/c25-21-22(30-11-15-3-1-14(2-4-15)9-20(29)35)31-13-32-23(21)33-12-18(34)10-19(33)16-5-7-17(8-6-16)24(26,27)28/h1-8,13,19H,9-12H2,(H2,29,35)(H,30,31,32). The molecule has 2 heterocycles. The summed E-state index contributed by atoms with van der Waals surface area (Å²) < 4.78 is 54.0. The highest BCUT2D eigenvalue weighted by Crippen LogP contribution is 2.37. The van der Waals surface area contributed by atoms with E-state index in [0.29, 0.717) is 5.56 Å². The highest BCUT2D eigenvalue weighted by molar-refractivity contribution is 5.88. The summed E-state index contributed by atoms with van der Waals surface area (Å²) in [4.78, 5) is 32.6. The van der Waals surface area contributed by atoms with Crippen LogP contribution in [0.3, 0.4) is 0 Å². The summed E-state index contributed by atoms with van der Waals surface area (Å²) in [6.45, 7) is 0.103. The van der Waals surface area contributed by atoms with Gasteiger partial charge in [0.2, 0.25) is 11.7 Å². The number of ketones is 1. The summed E-state index contributed by atoms with van der Waals surface area (Å²) in [5, 5.41) is 2.89. The number of nitrogens with two attached hydrogens (primary N) is 1. The maximum atomic E-state index is 15.3. The number of aromatic nitrogens is 2. The molecule has 1 saturated heterocycles. The van der Waals surface area contributed by atoms with E-state index in [1.165, 1.54) is 17.0 Å². The van der Waals surface area contributed by atoms with Crippen LogP contribution in [0, 0.1) is 5.82 Å². The molecule has 0 radical (unpaired) electrons. The zero-order valence-electron chi connectivity index (χ0n) is 18.3. The first-order valence-electron chi connectivity index (χ1n) is 10.7. The molecule has 3 N–H and O–H groups in total. The molecule has 35 heavy (non-hydrogen) atoms. The first-order chi connectivity index (χ1) is 16.6. The fraction of sp³-hybridized carbons (Fsp3) is 0.250. The molecule has 1 amide bonds. The third kappa shape index (κ3) is 5.56. The summed E-state index contributed by atoms with van der Waals surface area (Å²) >= 11 is 0. The van der Waals surface area contributed by atoms with Crippen LogP contribution in [0.15, 0.2) is 54.9 Å². The van der Waals surface area contributed by atoms with Gasteiger partial charge in [-0.3, -0.25) is 9.59 Å². The number of nitrogens with one attached hydrogen (secondary N) is 1. The van der Waals surface area contributed by atoms with Crippen LogP contribution in [0.25, 0.3) is 0 Å². The first kappa shape index (κ1) is 24.1. The van der Waals surface area contributed by atoms with Crippen LogP contribution in [0.4, 0.5) is 29.2 Å². The van der Waals surface area contributed by atoms with Gasteiger partial charge in [-0.1, -0.05) is 36.4 Å². The third-order valence-corrected chi connectivity index (χ3v) is 5.67. The first-order valence-corrected chi connectivity index (χ1v) is 10.7. The summed E-state index contributed by atoms with van der Waals surface area (Å²) in [6.07, 6.45) is -3.18. The fourth-order valence-corrected chi connectivity index (χ4v) is 3.95. The fourth-order valence-electron chi connectivity index (χ4n) is 3.95. The van der Waals surface area contributed by atoms with Gasteiger partial charge >= 0.3 is 6.18 Å². The van der Waals surface area contributed by atoms with Crippen LogP contribution in [0.2, 0.25) is 0 Å². The molecule has 7 nitrogen and oxygen atoms in total. The van der Waals surface area contributed by atoms with E-state index in [9.17, 15) is 22.8 Å². The van der Waals surface area contributed by atoms with E-state index in [-0.39, 0.29) is 43.4 Å². The lowest BCUT2D eigenvalue weighted by Gasteiger charge is -2.26. The largest absolute Gasteiger partial charge is 0.416 e. The maximum absolute atomic E-state index is 15.3. The molecule has 0 saturated carbocycles. The second-order valence-electron chi connectivity index (χ2n) is 8.18. The molecule has 0 spiro atoms. The van der Waals surface area contributed by atoms with Crippen molar-refractivity contribution >= 4 is 23.3 Å². The molecule has 1 atom stereocenters. The van der Waals surface area contributed by atoms with Gasteiger partial charge in [-0.2, -0.15) is 17.6 Å². The van der Waals surface area contributed by atoms with Crippen LogP contribution in [0.5, 0.6) is 0 Å². The van der Waals surface area contributed by atoms with Gasteiger partial charge < -0.3 is 16.0 Å². The Morgan fingerprint density at radius 1 is 1.06 bits per heavy atom. The van der Waals surface area contributed by atoms with Crippen LogP contribution < -0.4 is 16.0 Å². The van der Waals surface area contributed by atoms with Crippen molar-refractivity contribution in [2.24, 2.45) is 5.73 Å². The van der Waals surface area contributed by atoms with E-state index in [0.717, 1.165) is 29.6 Å². The Morgan fingerprint density at radius 2 is 1.71 bits per heavy atom. The normalized spacial score (nSPS) is 15.9. The van der Waals surface area contributed by atoms with Gasteiger partial charge in [0, 0.05) is 13.0 Å². The Balaban J connectivity index is 1.52. The van der Waals surface area contributed by atoms with Crippen LogP contribution in [0.1, 0.15) is 34.7 Å². The molecule has 0 aliphatic carbocycles. The van der Waals surface area contributed by atoms with Crippen LogP contribution in [-0.2, 0) is 28.7 Å². The van der Waals surface area contributed by atoms with Crippen molar-refractivity contribution in [3.8, 4) is 0 Å². The van der Waals surface area contributed by atoms with Crippen LogP contribution in [-0.4, -0.2) is 28.2 Å². The number of carbonyl (C=O) groups is 2. The number of nitrogens with zero attached hydrogens (tertiary/aromatic N) is 3. The van der Waals surface area contributed by atoms with Crippen molar-refractivity contribution < 1.29 is 27.2 Å². The van der Waals surface area contributed by atoms with Gasteiger partial charge in [0.05, 0.1) is 24.6 Å². The Morgan fingerprint density at radius 3 is 2.34 bits per heavy atom. The van der Waals surface area contributed by atoms with Crippen molar-refractivity contribution in [3.05, 3.63) is 82.9 Å². The van der Waals surface area contributed by atoms with E-state index in [1.807, 2.05) is 0 Å². The zero-order valence-corrected chi connectivity index (χ0v) is 18.3. The van der Waals surface area contributed by atoms with Gasteiger partial charge in [0.1, 0.15) is 6.33 Å². The number of rotatable bonds is 7. The monoisotopic (exact) mass is 487 g/mol. The molecule has 1 aliphatic heterocycles. The number of anilines is 2. The summed E-state index contributed by atoms with van der Waals surface area (Å²) in [6, 6.07) is 10.8. The second-order valence-corrected chi connectivity index (χ2v) is 8.18. The van der Waals surface area contributed by atoms with Crippen LogP contribution >= 0.6 is 0 Å². The number of benzene rings is 2. The molecule has 4 rings (SSSR count). The molecule has 0 bridgehead atoms. The Bertz CT molecular complexity index is 1230. The topological polar surface area (TPSA) is 101 Å². The average Bonchev–Trinajstić information content (AvgIpc) is 3.20. The maximum Gasteiger partial charge on any atom is 0.416 e. The number of Topliss-reactive ketones (excluding diaryl/α,β-unsaturated/α-hetero) is 1. The predicted octanol–water partition coefficient (Wildman–Crippen LogP) is 3.79. The highest BCUT2D eigenvalue weighted by atomic mass is 19.4. The van der Waals surface area contributed by atoms with Gasteiger partial charge in [-0.25, -0.2) is 9.97 Å². The van der Waals surface area contributed by atoms with Crippen molar-refractivity contribution in [1.29, 1.82) is 0 Å². The molecular weight excluding hydrogens is 466 g/mol. The van der Waals surface area contributed by atoms with Gasteiger partial charge in [0.15, 0.2) is 17.4 Å². The average molecular weight is 487 g/mol. The highest BCUT2D eigenvalue weighted by Gasteiger charge is 2.36. The molecule has 3 aromatic rings. The summed E-state index contributed by atoms with van der Waals surface area (Å²) in [5.41, 5.74) is 6.38. The minimum Gasteiger partial charge on any atom is -0.369 e. The second kappa shape index (κ2) is 9.69. The summed E-state index contributed by atoms with van der Waals surface area (Å²) in [7, 11) is 0. The third-order valence-electron chi connectivity index (χ3n) is 5.67. The molecule has 1 aliphatic rings. The molecule has 1 unspecified atom stereocenters. The molecule has 11 heteroatoms. The van der Waals surface area contributed by atoms with Crippen molar-refractivity contribution in [2.75, 3.05) is 16.8 Å². The quantitative estimate of drug-likeness (QED) is 0.492. The number of halogens is 4. The molecule has 2 aromatic carbocycles. The molecular formula is C24H21F4N5O2. The number of hydrogen-bond donors (Lipinski definition) is 2. The Hall–Kier alpha value is -4.02. The van der Waals surface area contributed by atoms with Gasteiger partial charge in [-0.05, 0) is 28.8 Å². The number of alkyl halides is 3. The molecule has 1 fully saturated rings. The van der Waals surface area contributed by atoms with E-state index < -0.39 is 29.5 Å². The van der Waals surface area contributed by atoms with E-state index in [4.69, 9.17) is 5.73 Å². The minimum atomic E-state index is -4.48. The molecule has 182 valence electrons. The number of primary amides is 1. The van der Waals surface area contributed by atoms with E-state index >= 15 is 4.39 Å². The lowest BCUT2D eigenvalue weighted by molar-refractivity contribution is -0.137. The van der Waals surface area contributed by atoms with Crippen molar-refractivity contribution in [2.45, 2.75) is 31.6 Å². The smallest absolute Gasteiger partial charge is 0.369 e. The predicted molar refractivity (Wildman–Crippen MR) is 120 cm³/mol. The Kier molecular flexibility index (Phi) is 6.68. The summed E-state index contributed by atoms with van der Waals surface area (Å²) in [5.74, 6) is -1.60. The Labute approximate surface area is 198 Å². The zero-order chi connectivity index (χ0) is 25.2. The van der Waals surface area contributed by atoms with Crippen molar-refractivity contribution in [1.82, 2.24) is 9.97 Å². The molecule has 1 aromatic heterocycles. The lowest BCUT2D eigenvalue weighted by atomic mass is 10.0. The SMILES string of the molecule is NC(=O)Cc1ccc(CNc2ncnc(N3CC(=O)CC3c3ccc(C(F)(F)F)cc3)c2F)cc1. The lowest BCUT2D eigenvalue weighted by Crippen LogP contribution is -2.26. The number of carbonyl (C=O) groups excluding carboxylic acids is 2. The van der Waals surface area contributed by atoms with Crippen molar-refractivity contribution in [3.63, 3.8) is 0 Å². The van der Waals surface area contributed by atoms with Gasteiger partial charge in [-0.15, -0.1) is 0 Å². The van der Waals surface area contributed by atoms with Gasteiger partial charge in [0.25, 0.3) is 0 Å². The van der Waals surface area contributed by atoms with E-state index in [2.05, 4.69) is 15.3 Å². The minimum absolute atomic E-state index is 0.0230. The van der Waals surface area contributed by atoms with E-state index in [1.54, 1.807) is 24.3 Å².